The van der Waals surface area contributed by atoms with Crippen LogP contribution in [0.5, 0.6) is 0 Å². The SMILES string of the molecule is CN(C)c1cc(F)c(F)cc1C(N)C(=O)O. The average molecular weight is 230 g/mol. The summed E-state index contributed by atoms with van der Waals surface area (Å²) in [5.74, 6) is -3.45. The van der Waals surface area contributed by atoms with Gasteiger partial charge >= 0.3 is 5.97 Å². The van der Waals surface area contributed by atoms with Gasteiger partial charge in [0, 0.05) is 31.4 Å². The fourth-order valence-corrected chi connectivity index (χ4v) is 1.32. The number of carboxylic acids is 1. The molecule has 0 saturated carbocycles. The summed E-state index contributed by atoms with van der Waals surface area (Å²) in [6.07, 6.45) is 0. The van der Waals surface area contributed by atoms with Crippen LogP contribution < -0.4 is 10.6 Å². The zero-order chi connectivity index (χ0) is 12.5. The Labute approximate surface area is 91.3 Å². The fourth-order valence-electron chi connectivity index (χ4n) is 1.32. The lowest BCUT2D eigenvalue weighted by molar-refractivity contribution is -0.138. The molecule has 3 N–H and O–H groups in total. The Hall–Kier alpha value is -1.69. The third-order valence-electron chi connectivity index (χ3n) is 2.15. The minimum absolute atomic E-state index is 0.0383. The van der Waals surface area contributed by atoms with Crippen LogP contribution in [-0.2, 0) is 4.79 Å². The second-order valence-corrected chi connectivity index (χ2v) is 3.54. The van der Waals surface area contributed by atoms with E-state index in [1.807, 2.05) is 0 Å². The maximum atomic E-state index is 13.0. The molecule has 0 heterocycles. The van der Waals surface area contributed by atoms with E-state index in [9.17, 15) is 13.6 Å². The molecule has 0 saturated heterocycles. The number of carboxylic acid groups (broad SMARTS) is 1. The highest BCUT2D eigenvalue weighted by Crippen LogP contribution is 2.26. The summed E-state index contributed by atoms with van der Waals surface area (Å²) in [5.41, 5.74) is 5.66. The van der Waals surface area contributed by atoms with Crippen molar-refractivity contribution in [3.05, 3.63) is 29.3 Å². The fraction of sp³-hybridized carbons (Fsp3) is 0.300. The Kier molecular flexibility index (Phi) is 3.44. The molecule has 88 valence electrons. The molecule has 6 heteroatoms. The van der Waals surface area contributed by atoms with Crippen molar-refractivity contribution in [3.8, 4) is 0 Å². The van der Waals surface area contributed by atoms with Crippen LogP contribution in [0.3, 0.4) is 0 Å². The van der Waals surface area contributed by atoms with Gasteiger partial charge in [-0.1, -0.05) is 0 Å². The van der Waals surface area contributed by atoms with Crippen LogP contribution in [0.25, 0.3) is 0 Å². The van der Waals surface area contributed by atoms with E-state index in [1.54, 1.807) is 14.1 Å². The first-order valence-electron chi connectivity index (χ1n) is 4.49. The van der Waals surface area contributed by atoms with Crippen molar-refractivity contribution in [1.29, 1.82) is 0 Å². The molecule has 4 nitrogen and oxygen atoms in total. The number of nitrogens with zero attached hydrogens (tertiary/aromatic N) is 1. The van der Waals surface area contributed by atoms with E-state index in [4.69, 9.17) is 10.8 Å². The molecular weight excluding hydrogens is 218 g/mol. The largest absolute Gasteiger partial charge is 0.480 e. The standard InChI is InChI=1S/C10H12F2N2O2/c1-14(2)8-4-7(12)6(11)3-5(8)9(13)10(15)16/h3-4,9H,13H2,1-2H3,(H,15,16). The monoisotopic (exact) mass is 230 g/mol. The Bertz CT molecular complexity index is 422. The van der Waals surface area contributed by atoms with Gasteiger partial charge in [-0.25, -0.2) is 8.78 Å². The quantitative estimate of drug-likeness (QED) is 0.816. The van der Waals surface area contributed by atoms with E-state index in [-0.39, 0.29) is 11.3 Å². The lowest BCUT2D eigenvalue weighted by Gasteiger charge is -2.19. The Morgan fingerprint density at radius 2 is 1.88 bits per heavy atom. The highest BCUT2D eigenvalue weighted by Gasteiger charge is 2.21. The van der Waals surface area contributed by atoms with Crippen molar-refractivity contribution in [1.82, 2.24) is 0 Å². The Morgan fingerprint density at radius 3 is 2.31 bits per heavy atom. The number of benzene rings is 1. The van der Waals surface area contributed by atoms with E-state index >= 15 is 0 Å². The third-order valence-corrected chi connectivity index (χ3v) is 2.15. The molecule has 1 unspecified atom stereocenters. The van der Waals surface area contributed by atoms with Crippen molar-refractivity contribution in [3.63, 3.8) is 0 Å². The molecule has 1 rings (SSSR count). The molecule has 1 aromatic rings. The molecule has 0 bridgehead atoms. The van der Waals surface area contributed by atoms with Crippen LogP contribution in [0.2, 0.25) is 0 Å². The molecule has 0 aromatic heterocycles. The summed E-state index contributed by atoms with van der Waals surface area (Å²) in [4.78, 5) is 12.2. The van der Waals surface area contributed by atoms with Crippen LogP contribution in [0.15, 0.2) is 12.1 Å². The first kappa shape index (κ1) is 12.4. The number of aliphatic carboxylic acids is 1. The summed E-state index contributed by atoms with van der Waals surface area (Å²) in [6, 6.07) is 0.351. The van der Waals surface area contributed by atoms with Gasteiger partial charge in [0.1, 0.15) is 6.04 Å². The summed E-state index contributed by atoms with van der Waals surface area (Å²) in [5, 5.41) is 8.74. The molecule has 1 aromatic carbocycles. The molecule has 0 aliphatic heterocycles. The normalized spacial score (nSPS) is 12.3. The summed E-state index contributed by atoms with van der Waals surface area (Å²) < 4.78 is 26.0. The van der Waals surface area contributed by atoms with E-state index in [1.165, 1.54) is 4.90 Å². The highest BCUT2D eigenvalue weighted by atomic mass is 19.2. The van der Waals surface area contributed by atoms with E-state index in [0.717, 1.165) is 12.1 Å². The van der Waals surface area contributed by atoms with Gasteiger partial charge in [-0.3, -0.25) is 4.79 Å². The van der Waals surface area contributed by atoms with Crippen molar-refractivity contribution in [2.45, 2.75) is 6.04 Å². The minimum atomic E-state index is -1.38. The van der Waals surface area contributed by atoms with Crippen LogP contribution in [0.4, 0.5) is 14.5 Å². The first-order chi connectivity index (χ1) is 7.34. The zero-order valence-electron chi connectivity index (χ0n) is 8.87. The second kappa shape index (κ2) is 4.44. The molecule has 0 spiro atoms. The van der Waals surface area contributed by atoms with Gasteiger partial charge in [0.05, 0.1) is 0 Å². The van der Waals surface area contributed by atoms with E-state index in [0.29, 0.717) is 0 Å². The van der Waals surface area contributed by atoms with Gasteiger partial charge < -0.3 is 15.7 Å². The predicted octanol–water partition coefficient (Wildman–Crippen LogP) is 1.12. The number of nitrogens with two attached hydrogens (primary N) is 1. The lowest BCUT2D eigenvalue weighted by Crippen LogP contribution is -2.24. The van der Waals surface area contributed by atoms with Gasteiger partial charge in [0.15, 0.2) is 11.6 Å². The van der Waals surface area contributed by atoms with E-state index < -0.39 is 23.6 Å². The number of carbonyl (C=O) groups is 1. The summed E-state index contributed by atoms with van der Waals surface area (Å²) in [7, 11) is 3.18. The molecule has 0 fully saturated rings. The van der Waals surface area contributed by atoms with E-state index in [2.05, 4.69) is 0 Å². The number of hydrogen-bond acceptors (Lipinski definition) is 3. The van der Waals surface area contributed by atoms with Gasteiger partial charge in [0.2, 0.25) is 0 Å². The summed E-state index contributed by atoms with van der Waals surface area (Å²) in [6.45, 7) is 0. The number of halogens is 2. The van der Waals surface area contributed by atoms with Crippen molar-refractivity contribution < 1.29 is 18.7 Å². The van der Waals surface area contributed by atoms with Crippen LogP contribution >= 0.6 is 0 Å². The molecule has 0 amide bonds. The predicted molar refractivity (Wildman–Crippen MR) is 55.2 cm³/mol. The van der Waals surface area contributed by atoms with Crippen molar-refractivity contribution in [2.75, 3.05) is 19.0 Å². The second-order valence-electron chi connectivity index (χ2n) is 3.54. The lowest BCUT2D eigenvalue weighted by atomic mass is 10.0. The Morgan fingerprint density at radius 1 is 1.38 bits per heavy atom. The molecule has 16 heavy (non-hydrogen) atoms. The number of anilines is 1. The number of rotatable bonds is 3. The minimum Gasteiger partial charge on any atom is -0.480 e. The van der Waals surface area contributed by atoms with Gasteiger partial charge in [-0.2, -0.15) is 0 Å². The first-order valence-corrected chi connectivity index (χ1v) is 4.49. The third kappa shape index (κ3) is 2.27. The zero-order valence-corrected chi connectivity index (χ0v) is 8.87. The van der Waals surface area contributed by atoms with Gasteiger partial charge in [-0.15, -0.1) is 0 Å². The number of hydrogen-bond donors (Lipinski definition) is 2. The summed E-state index contributed by atoms with van der Waals surface area (Å²) >= 11 is 0. The van der Waals surface area contributed by atoms with Crippen LogP contribution in [-0.4, -0.2) is 25.2 Å². The van der Waals surface area contributed by atoms with Gasteiger partial charge in [0.25, 0.3) is 0 Å². The van der Waals surface area contributed by atoms with Crippen LogP contribution in [0, 0.1) is 11.6 Å². The molecule has 0 radical (unpaired) electrons. The molecular formula is C10H12F2N2O2. The average Bonchev–Trinajstić information content (AvgIpc) is 2.19. The maximum Gasteiger partial charge on any atom is 0.325 e. The highest BCUT2D eigenvalue weighted by molar-refractivity contribution is 5.78. The van der Waals surface area contributed by atoms with Crippen molar-refractivity contribution >= 4 is 11.7 Å². The van der Waals surface area contributed by atoms with Crippen molar-refractivity contribution in [2.24, 2.45) is 5.73 Å². The van der Waals surface area contributed by atoms with Crippen LogP contribution in [0.1, 0.15) is 11.6 Å². The molecule has 0 aliphatic carbocycles. The molecule has 1 atom stereocenters. The smallest absolute Gasteiger partial charge is 0.325 e. The maximum absolute atomic E-state index is 13.0. The topological polar surface area (TPSA) is 66.6 Å². The molecule has 0 aliphatic rings. The van der Waals surface area contributed by atoms with Gasteiger partial charge in [-0.05, 0) is 6.07 Å². The Balaban J connectivity index is 3.35.